The lowest BCUT2D eigenvalue weighted by molar-refractivity contribution is 0.0980. The van der Waals surface area contributed by atoms with Gasteiger partial charge < -0.3 is 0 Å². The van der Waals surface area contributed by atoms with Crippen LogP contribution in [0.25, 0.3) is 19.5 Å². The molecule has 10 heteroatoms. The highest BCUT2D eigenvalue weighted by molar-refractivity contribution is 9.11. The van der Waals surface area contributed by atoms with Gasteiger partial charge in [0.05, 0.1) is 38.5 Å². The monoisotopic (exact) mass is 818 g/mol. The minimum absolute atomic E-state index is 0.0199. The molecule has 4 aromatic rings. The maximum Gasteiger partial charge on any atom is 0.197 e. The van der Waals surface area contributed by atoms with Crippen molar-refractivity contribution in [1.82, 2.24) is 0 Å². The molecule has 0 saturated heterocycles. The van der Waals surface area contributed by atoms with Crippen molar-refractivity contribution >= 4 is 112 Å². The van der Waals surface area contributed by atoms with Crippen LogP contribution < -0.4 is 0 Å². The van der Waals surface area contributed by atoms with E-state index in [0.29, 0.717) is 44.1 Å². The second-order valence-electron chi connectivity index (χ2n) is 11.4. The van der Waals surface area contributed by atoms with Crippen molar-refractivity contribution in [2.45, 2.75) is 85.5 Å². The van der Waals surface area contributed by atoms with Gasteiger partial charge in [0.15, 0.2) is 11.6 Å². The zero-order valence-electron chi connectivity index (χ0n) is 24.6. The first-order valence-electron chi connectivity index (χ1n) is 14.9. The lowest BCUT2D eigenvalue weighted by Gasteiger charge is -2.18. The van der Waals surface area contributed by atoms with Gasteiger partial charge in [0.2, 0.25) is 0 Å². The fraction of sp³-hybridized carbons (Fsp3) is 0.455. The molecule has 0 spiro atoms. The average molecular weight is 822 g/mol. The number of carbonyl (C=O) groups is 2. The van der Waals surface area contributed by atoms with Crippen LogP contribution in [0, 0.1) is 11.8 Å². The van der Waals surface area contributed by atoms with Gasteiger partial charge in [0.25, 0.3) is 0 Å². The van der Waals surface area contributed by atoms with Gasteiger partial charge in [-0.15, -0.1) is 45.3 Å². The van der Waals surface area contributed by atoms with E-state index in [1.807, 2.05) is 12.1 Å². The van der Waals surface area contributed by atoms with E-state index in [9.17, 15) is 9.59 Å². The van der Waals surface area contributed by atoms with E-state index in [0.717, 1.165) is 81.8 Å². The number of ketones is 2. The second kappa shape index (κ2) is 14.6. The van der Waals surface area contributed by atoms with Gasteiger partial charge in [0, 0.05) is 30.6 Å². The molecule has 230 valence electrons. The molecule has 0 aliphatic heterocycles. The topological polar surface area (TPSA) is 34.1 Å². The molecule has 0 fully saturated rings. The molecule has 0 amide bonds. The summed E-state index contributed by atoms with van der Waals surface area (Å²) in [6, 6.07) is 3.78. The van der Waals surface area contributed by atoms with Crippen LogP contribution in [0.4, 0.5) is 0 Å². The summed E-state index contributed by atoms with van der Waals surface area (Å²) >= 11 is 26.3. The largest absolute Gasteiger partial charge is 0.288 e. The molecular formula is C33H34Br2Cl2O2S4. The molecule has 4 aromatic heterocycles. The van der Waals surface area contributed by atoms with Crippen molar-refractivity contribution in [3.05, 3.63) is 61.8 Å². The number of fused-ring (bicyclic) bond motifs is 2. The van der Waals surface area contributed by atoms with E-state index in [-0.39, 0.29) is 11.6 Å². The van der Waals surface area contributed by atoms with Crippen LogP contribution in [0.3, 0.4) is 0 Å². The van der Waals surface area contributed by atoms with Crippen molar-refractivity contribution in [3.8, 4) is 19.5 Å². The molecular weight excluding hydrogens is 787 g/mol. The number of halogens is 4. The van der Waals surface area contributed by atoms with E-state index in [1.165, 1.54) is 46.9 Å². The third-order valence-corrected chi connectivity index (χ3v) is 15.9. The predicted octanol–water partition coefficient (Wildman–Crippen LogP) is 14.0. The highest BCUT2D eigenvalue weighted by Gasteiger charge is 2.42. The Balaban J connectivity index is 1.71. The van der Waals surface area contributed by atoms with Gasteiger partial charge in [0.1, 0.15) is 0 Å². The van der Waals surface area contributed by atoms with Gasteiger partial charge in [-0.25, -0.2) is 0 Å². The minimum atomic E-state index is -0.0220. The lowest BCUT2D eigenvalue weighted by Crippen LogP contribution is -2.22. The van der Waals surface area contributed by atoms with E-state index >= 15 is 0 Å². The van der Waals surface area contributed by atoms with Crippen LogP contribution in [-0.4, -0.2) is 11.6 Å². The van der Waals surface area contributed by atoms with E-state index in [2.05, 4.69) is 59.6 Å². The summed E-state index contributed by atoms with van der Waals surface area (Å²) in [4.78, 5) is 35.2. The van der Waals surface area contributed by atoms with Gasteiger partial charge in [-0.05, 0) is 68.7 Å². The molecule has 43 heavy (non-hydrogen) atoms. The summed E-state index contributed by atoms with van der Waals surface area (Å²) in [7, 11) is 0. The normalized spacial score (nSPS) is 14.3. The van der Waals surface area contributed by atoms with Crippen molar-refractivity contribution in [3.63, 3.8) is 0 Å². The van der Waals surface area contributed by atoms with Gasteiger partial charge in [-0.2, -0.15) is 0 Å². The minimum Gasteiger partial charge on any atom is -0.288 e. The Morgan fingerprint density at radius 1 is 0.698 bits per heavy atom. The van der Waals surface area contributed by atoms with Crippen molar-refractivity contribution in [1.29, 1.82) is 0 Å². The number of hydrogen-bond acceptors (Lipinski definition) is 6. The summed E-state index contributed by atoms with van der Waals surface area (Å²) in [5.41, 5.74) is 2.36. The molecule has 2 atom stereocenters. The molecule has 0 radical (unpaired) electrons. The molecule has 0 bridgehead atoms. The number of unbranched alkanes of at least 4 members (excludes halogenated alkanes) is 2. The Labute approximate surface area is 297 Å². The van der Waals surface area contributed by atoms with Gasteiger partial charge in [-0.1, -0.05) is 95.8 Å². The first-order chi connectivity index (χ1) is 20.6. The second-order valence-corrected chi connectivity index (χ2v) is 19.2. The number of hydrogen-bond donors (Lipinski definition) is 0. The molecule has 0 aromatic carbocycles. The average Bonchev–Trinajstić information content (AvgIpc) is 3.72. The van der Waals surface area contributed by atoms with Crippen LogP contribution in [-0.2, 0) is 12.8 Å². The summed E-state index contributed by atoms with van der Waals surface area (Å²) in [5, 5.41) is 1.20. The molecule has 5 rings (SSSR count). The molecule has 2 nitrogen and oxygen atoms in total. The fourth-order valence-corrected chi connectivity index (χ4v) is 12.3. The standard InChI is InChI=1S/C33H34Br2Cl2O2S4/c1-5-8-10-16(4)12-20-24-25(21(40-20)13-17(7-3)11-9-6-2)29(39)27-26(28(24)38)30(22-14-18(36)32(34)41-22)43-31(27)23-15-19(37)33(35)42-23/h14-17H,5-13H2,1-4H3. The highest BCUT2D eigenvalue weighted by atomic mass is 79.9. The Morgan fingerprint density at radius 3 is 1.63 bits per heavy atom. The van der Waals surface area contributed by atoms with Crippen LogP contribution in [0.15, 0.2) is 19.7 Å². The molecule has 0 N–H and O–H groups in total. The van der Waals surface area contributed by atoms with Crippen molar-refractivity contribution < 1.29 is 9.59 Å². The Hall–Kier alpha value is -0.320. The summed E-state index contributed by atoms with van der Waals surface area (Å²) in [6.45, 7) is 8.96. The number of thiophene rings is 4. The summed E-state index contributed by atoms with van der Waals surface area (Å²) in [5.74, 6) is 0.893. The summed E-state index contributed by atoms with van der Waals surface area (Å²) in [6.07, 6.45) is 9.63. The Morgan fingerprint density at radius 2 is 1.19 bits per heavy atom. The van der Waals surface area contributed by atoms with E-state index < -0.39 is 0 Å². The summed E-state index contributed by atoms with van der Waals surface area (Å²) < 4.78 is 1.62. The maximum absolute atomic E-state index is 14.8. The zero-order valence-corrected chi connectivity index (χ0v) is 32.6. The van der Waals surface area contributed by atoms with E-state index in [1.54, 1.807) is 11.3 Å². The maximum atomic E-state index is 14.8. The zero-order chi connectivity index (χ0) is 31.0. The van der Waals surface area contributed by atoms with Gasteiger partial charge >= 0.3 is 0 Å². The third-order valence-electron chi connectivity index (χ3n) is 8.21. The molecule has 1 aliphatic rings. The Kier molecular flexibility index (Phi) is 11.6. The van der Waals surface area contributed by atoms with Crippen LogP contribution in [0.1, 0.15) is 114 Å². The lowest BCUT2D eigenvalue weighted by atomic mass is 9.81. The molecule has 0 saturated carbocycles. The molecule has 2 unspecified atom stereocenters. The van der Waals surface area contributed by atoms with Gasteiger partial charge in [-0.3, -0.25) is 9.59 Å². The Bertz CT molecular complexity index is 1620. The third kappa shape index (κ3) is 6.88. The van der Waals surface area contributed by atoms with Crippen LogP contribution in [0.2, 0.25) is 10.0 Å². The quantitative estimate of drug-likeness (QED) is 0.119. The predicted molar refractivity (Wildman–Crippen MR) is 197 cm³/mol. The van der Waals surface area contributed by atoms with Crippen molar-refractivity contribution in [2.75, 3.05) is 0 Å². The number of carbonyl (C=O) groups excluding carboxylic acids is 2. The molecule has 4 heterocycles. The fourth-order valence-electron chi connectivity index (χ4n) is 5.85. The van der Waals surface area contributed by atoms with E-state index in [4.69, 9.17) is 23.2 Å². The smallest absolute Gasteiger partial charge is 0.197 e. The number of rotatable bonds is 13. The van der Waals surface area contributed by atoms with Crippen LogP contribution in [0.5, 0.6) is 0 Å². The SMILES string of the molecule is CCCCC(C)Cc1sc(CC(CC)CCCC)c2c1C(=O)c1c(-c3cc(Cl)c(Br)s3)sc(-c3cc(Cl)c(Br)s3)c1C2=O. The van der Waals surface area contributed by atoms with Crippen LogP contribution >= 0.6 is 100 Å². The van der Waals surface area contributed by atoms with Crippen molar-refractivity contribution in [2.24, 2.45) is 11.8 Å². The highest BCUT2D eigenvalue weighted by Crippen LogP contribution is 2.53. The molecule has 1 aliphatic carbocycles. The first kappa shape index (κ1) is 34.0. The first-order valence-corrected chi connectivity index (χ1v) is 20.5.